The molecule has 0 aromatic carbocycles. The van der Waals surface area contributed by atoms with E-state index in [4.69, 9.17) is 12.2 Å². The summed E-state index contributed by atoms with van der Waals surface area (Å²) in [6.07, 6.45) is 1.64. The molecule has 1 rings (SSSR count). The van der Waals surface area contributed by atoms with Crippen molar-refractivity contribution in [1.29, 1.82) is 0 Å². The minimum absolute atomic E-state index is 0.633. The first-order chi connectivity index (χ1) is 7.67. The zero-order valence-electron chi connectivity index (χ0n) is 9.82. The van der Waals surface area contributed by atoms with Crippen LogP contribution in [0, 0.1) is 6.92 Å². The summed E-state index contributed by atoms with van der Waals surface area (Å²) < 4.78 is 0. The van der Waals surface area contributed by atoms with Crippen molar-refractivity contribution in [1.82, 2.24) is 20.5 Å². The standard InChI is InChI=1S/C10H17N5S/c1-4-15(5-2)10(16)14-11-7-9-6-8(3)12-13-9/h6-7H,4-5H2,1-3H3,(H,12,13)(H,14,16)/b11-7+. The largest absolute Gasteiger partial charge is 0.348 e. The van der Waals surface area contributed by atoms with E-state index in [0.29, 0.717) is 5.11 Å². The van der Waals surface area contributed by atoms with Gasteiger partial charge >= 0.3 is 0 Å². The van der Waals surface area contributed by atoms with Gasteiger partial charge in [0.05, 0.1) is 6.21 Å². The van der Waals surface area contributed by atoms with Crippen LogP contribution >= 0.6 is 12.2 Å². The van der Waals surface area contributed by atoms with Gasteiger partial charge in [-0.25, -0.2) is 0 Å². The molecule has 1 aromatic heterocycles. The molecule has 0 aliphatic heterocycles. The Kier molecular flexibility index (Phi) is 4.91. The van der Waals surface area contributed by atoms with Crippen molar-refractivity contribution in [2.24, 2.45) is 5.10 Å². The highest BCUT2D eigenvalue weighted by atomic mass is 32.1. The third kappa shape index (κ3) is 3.62. The molecule has 0 aliphatic rings. The lowest BCUT2D eigenvalue weighted by molar-refractivity contribution is 0.458. The second-order valence-electron chi connectivity index (χ2n) is 3.32. The molecule has 2 N–H and O–H groups in total. The molecule has 16 heavy (non-hydrogen) atoms. The number of hydrogen-bond donors (Lipinski definition) is 2. The molecule has 0 saturated carbocycles. The van der Waals surface area contributed by atoms with Gasteiger partial charge in [-0.1, -0.05) is 0 Å². The summed E-state index contributed by atoms with van der Waals surface area (Å²) in [7, 11) is 0. The van der Waals surface area contributed by atoms with Crippen LogP contribution in [0.5, 0.6) is 0 Å². The Morgan fingerprint density at radius 1 is 1.62 bits per heavy atom. The lowest BCUT2D eigenvalue weighted by Crippen LogP contribution is -2.37. The normalized spacial score (nSPS) is 10.7. The van der Waals surface area contributed by atoms with Crippen LogP contribution in [0.15, 0.2) is 11.2 Å². The van der Waals surface area contributed by atoms with E-state index in [0.717, 1.165) is 24.5 Å². The van der Waals surface area contributed by atoms with Crippen LogP contribution in [0.3, 0.4) is 0 Å². The second kappa shape index (κ2) is 6.22. The fourth-order valence-corrected chi connectivity index (χ4v) is 1.55. The van der Waals surface area contributed by atoms with Crippen molar-refractivity contribution in [2.75, 3.05) is 13.1 Å². The zero-order chi connectivity index (χ0) is 12.0. The second-order valence-corrected chi connectivity index (χ2v) is 3.71. The van der Waals surface area contributed by atoms with E-state index in [1.54, 1.807) is 6.21 Å². The Labute approximate surface area is 101 Å². The molecule has 0 saturated heterocycles. The average molecular weight is 239 g/mol. The lowest BCUT2D eigenvalue weighted by atomic mass is 10.4. The molecule has 0 fully saturated rings. The summed E-state index contributed by atoms with van der Waals surface area (Å²) in [5, 5.41) is 11.5. The third-order valence-corrected chi connectivity index (χ3v) is 2.48. The predicted molar refractivity (Wildman–Crippen MR) is 69.6 cm³/mol. The van der Waals surface area contributed by atoms with E-state index >= 15 is 0 Å². The van der Waals surface area contributed by atoms with Crippen molar-refractivity contribution in [2.45, 2.75) is 20.8 Å². The Morgan fingerprint density at radius 3 is 2.81 bits per heavy atom. The molecule has 0 radical (unpaired) electrons. The Hall–Kier alpha value is -1.43. The quantitative estimate of drug-likeness (QED) is 0.472. The van der Waals surface area contributed by atoms with E-state index in [9.17, 15) is 0 Å². The minimum Gasteiger partial charge on any atom is -0.348 e. The predicted octanol–water partition coefficient (Wildman–Crippen LogP) is 1.27. The number of aromatic nitrogens is 2. The summed E-state index contributed by atoms with van der Waals surface area (Å²) in [6, 6.07) is 1.91. The lowest BCUT2D eigenvalue weighted by Gasteiger charge is -2.20. The van der Waals surface area contributed by atoms with E-state index in [1.807, 2.05) is 17.9 Å². The molecular formula is C10H17N5S. The van der Waals surface area contributed by atoms with Gasteiger partial charge in [0.25, 0.3) is 0 Å². The molecule has 0 atom stereocenters. The summed E-state index contributed by atoms with van der Waals surface area (Å²) in [5.41, 5.74) is 4.61. The maximum absolute atomic E-state index is 5.17. The van der Waals surface area contributed by atoms with Gasteiger partial charge in [-0.05, 0) is 39.1 Å². The Balaban J connectivity index is 2.45. The number of hydrogen-bond acceptors (Lipinski definition) is 3. The van der Waals surface area contributed by atoms with Crippen LogP contribution in [-0.2, 0) is 0 Å². The van der Waals surface area contributed by atoms with Gasteiger partial charge in [0.15, 0.2) is 5.11 Å². The fourth-order valence-electron chi connectivity index (χ4n) is 1.24. The van der Waals surface area contributed by atoms with Crippen LogP contribution in [0.4, 0.5) is 0 Å². The topological polar surface area (TPSA) is 56.3 Å². The highest BCUT2D eigenvalue weighted by molar-refractivity contribution is 7.80. The van der Waals surface area contributed by atoms with Crippen molar-refractivity contribution in [3.8, 4) is 0 Å². The molecule has 0 spiro atoms. The van der Waals surface area contributed by atoms with E-state index in [-0.39, 0.29) is 0 Å². The SMILES string of the molecule is CCN(CC)C(=S)N/N=C/c1cc(C)[nH]n1. The summed E-state index contributed by atoms with van der Waals surface area (Å²) >= 11 is 5.17. The molecule has 1 heterocycles. The van der Waals surface area contributed by atoms with Crippen molar-refractivity contribution >= 4 is 23.5 Å². The zero-order valence-corrected chi connectivity index (χ0v) is 10.6. The molecule has 6 heteroatoms. The molecule has 0 amide bonds. The number of rotatable bonds is 4. The number of nitrogens with zero attached hydrogens (tertiary/aromatic N) is 3. The number of H-pyrrole nitrogens is 1. The first-order valence-corrected chi connectivity index (χ1v) is 5.68. The molecular weight excluding hydrogens is 222 g/mol. The van der Waals surface area contributed by atoms with Gasteiger partial charge in [0.2, 0.25) is 0 Å². The minimum atomic E-state index is 0.633. The van der Waals surface area contributed by atoms with Gasteiger partial charge < -0.3 is 4.90 Å². The van der Waals surface area contributed by atoms with Crippen molar-refractivity contribution < 1.29 is 0 Å². The smallest absolute Gasteiger partial charge is 0.189 e. The van der Waals surface area contributed by atoms with Crippen molar-refractivity contribution in [3.63, 3.8) is 0 Å². The summed E-state index contributed by atoms with van der Waals surface area (Å²) in [4.78, 5) is 2.02. The first-order valence-electron chi connectivity index (χ1n) is 5.27. The number of aromatic amines is 1. The Bertz CT molecular complexity index is 367. The molecule has 0 aliphatic carbocycles. The molecule has 88 valence electrons. The Morgan fingerprint density at radius 2 is 2.31 bits per heavy atom. The third-order valence-electron chi connectivity index (χ3n) is 2.13. The van der Waals surface area contributed by atoms with Crippen molar-refractivity contribution in [3.05, 3.63) is 17.5 Å². The number of thiocarbonyl (C=S) groups is 1. The van der Waals surface area contributed by atoms with E-state index < -0.39 is 0 Å². The maximum atomic E-state index is 5.17. The summed E-state index contributed by atoms with van der Waals surface area (Å²) in [6.45, 7) is 7.80. The molecule has 1 aromatic rings. The number of nitrogens with one attached hydrogen (secondary N) is 2. The monoisotopic (exact) mass is 239 g/mol. The first kappa shape index (κ1) is 12.6. The van der Waals surface area contributed by atoms with Crippen LogP contribution in [0.2, 0.25) is 0 Å². The van der Waals surface area contributed by atoms with Gasteiger partial charge in [-0.3, -0.25) is 10.5 Å². The van der Waals surface area contributed by atoms with Gasteiger partial charge in [-0.2, -0.15) is 10.2 Å². The molecule has 0 bridgehead atoms. The van der Waals surface area contributed by atoms with Gasteiger partial charge in [0, 0.05) is 18.8 Å². The summed E-state index contributed by atoms with van der Waals surface area (Å²) in [5.74, 6) is 0. The van der Waals surface area contributed by atoms with E-state index in [2.05, 4.69) is 34.6 Å². The van der Waals surface area contributed by atoms with Gasteiger partial charge in [0.1, 0.15) is 5.69 Å². The maximum Gasteiger partial charge on any atom is 0.189 e. The van der Waals surface area contributed by atoms with Crippen LogP contribution in [-0.4, -0.2) is 39.5 Å². The van der Waals surface area contributed by atoms with Crippen LogP contribution in [0.25, 0.3) is 0 Å². The van der Waals surface area contributed by atoms with Gasteiger partial charge in [-0.15, -0.1) is 0 Å². The average Bonchev–Trinajstić information content (AvgIpc) is 2.66. The highest BCUT2D eigenvalue weighted by Crippen LogP contribution is 1.93. The highest BCUT2D eigenvalue weighted by Gasteiger charge is 2.02. The fraction of sp³-hybridized carbons (Fsp3) is 0.500. The van der Waals surface area contributed by atoms with Crippen LogP contribution in [0.1, 0.15) is 25.2 Å². The number of aryl methyl sites for hydroxylation is 1. The van der Waals surface area contributed by atoms with E-state index in [1.165, 1.54) is 0 Å². The van der Waals surface area contributed by atoms with Crippen LogP contribution < -0.4 is 5.43 Å². The molecule has 0 unspecified atom stereocenters. The number of hydrazone groups is 1. The molecule has 5 nitrogen and oxygen atoms in total.